The normalized spacial score (nSPS) is 19.1. The van der Waals surface area contributed by atoms with Crippen molar-refractivity contribution in [3.05, 3.63) is 12.2 Å². The van der Waals surface area contributed by atoms with Gasteiger partial charge in [0.1, 0.15) is 0 Å². The van der Waals surface area contributed by atoms with Crippen LogP contribution in [-0.2, 0) is 4.79 Å². The summed E-state index contributed by atoms with van der Waals surface area (Å²) in [5.74, 6) is -0.258. The molecule has 1 N–H and O–H groups in total. The molecule has 1 rings (SSSR count). The lowest BCUT2D eigenvalue weighted by Crippen LogP contribution is -2.32. The Hall–Kier alpha value is -0.830. The lowest BCUT2D eigenvalue weighted by Gasteiger charge is -1.99. The van der Waals surface area contributed by atoms with Gasteiger partial charge in [0.2, 0.25) is 0 Å². The summed E-state index contributed by atoms with van der Waals surface area (Å²) in [6.07, 6.45) is 3.97. The summed E-state index contributed by atoms with van der Waals surface area (Å²) in [4.78, 5) is 10.1. The van der Waals surface area contributed by atoms with E-state index in [9.17, 15) is 4.79 Å². The Kier molecular flexibility index (Phi) is 1.08. The molecule has 0 aromatic rings. The number of hydrogen-bond donors (Lipinski definition) is 1. The van der Waals surface area contributed by atoms with Crippen LogP contribution in [0.1, 0.15) is 0 Å². The van der Waals surface area contributed by atoms with E-state index in [0.29, 0.717) is 6.54 Å². The van der Waals surface area contributed by atoms with E-state index < -0.39 is 0 Å². The minimum Gasteiger partial charge on any atom is -0.266 e. The summed E-state index contributed by atoms with van der Waals surface area (Å²) in [6.45, 7) is 0.547. The first-order valence-electron chi connectivity index (χ1n) is 1.94. The molecule has 0 spiro atoms. The molecular weight excluding hydrogens is 92.1 g/mol. The molecule has 1 aliphatic rings. The van der Waals surface area contributed by atoms with E-state index >= 15 is 0 Å². The molecule has 0 atom stereocenters. The minimum absolute atomic E-state index is 0.258. The third-order valence-electron chi connectivity index (χ3n) is 0.596. The maximum atomic E-state index is 10.1. The van der Waals surface area contributed by atoms with Gasteiger partial charge in [0, 0.05) is 12.6 Å². The van der Waals surface area contributed by atoms with E-state index in [1.165, 1.54) is 6.08 Å². The summed E-state index contributed by atoms with van der Waals surface area (Å²) in [5.41, 5.74) is 5.79. The fraction of sp³-hybridized carbons (Fsp3) is 0.250. The summed E-state index contributed by atoms with van der Waals surface area (Å²) in [5, 5.41) is 0. The maximum absolute atomic E-state index is 10.1. The average molecular weight is 96.1 g/mol. The molecule has 0 fully saturated rings. The highest BCUT2D eigenvalue weighted by molar-refractivity contribution is 5.86. The summed E-state index contributed by atoms with van der Waals surface area (Å²) in [7, 11) is 0. The predicted molar refractivity (Wildman–Crippen MR) is 23.0 cm³/mol. The van der Waals surface area contributed by atoms with Gasteiger partial charge in [-0.25, -0.2) is 5.43 Å². The van der Waals surface area contributed by atoms with Crippen LogP contribution in [0.3, 0.4) is 0 Å². The molecule has 0 saturated heterocycles. The molecule has 1 aliphatic heterocycles. The van der Waals surface area contributed by atoms with Gasteiger partial charge in [0.15, 0.2) is 0 Å². The first kappa shape index (κ1) is 4.33. The molecule has 1 heterocycles. The Bertz CT molecular complexity index is 108. The summed E-state index contributed by atoms with van der Waals surface area (Å²) < 4.78 is 0. The van der Waals surface area contributed by atoms with Crippen LogP contribution >= 0.6 is 0 Å². The smallest absolute Gasteiger partial charge is 0.266 e. The second-order valence-corrected chi connectivity index (χ2v) is 1.13. The maximum Gasteiger partial charge on any atom is 0.281 e. The zero-order valence-corrected chi connectivity index (χ0v) is 3.64. The standard InChI is InChI=1S/C4H4N2O/c7-4-2-1-3-5-6-4/h2,5H,3H2. The largest absolute Gasteiger partial charge is 0.281 e. The fourth-order valence-electron chi connectivity index (χ4n) is 0.334. The monoisotopic (exact) mass is 96.0 g/mol. The zero-order valence-electron chi connectivity index (χ0n) is 3.64. The first-order chi connectivity index (χ1) is 3.39. The molecule has 3 heteroatoms. The number of amides is 1. The van der Waals surface area contributed by atoms with Crippen LogP contribution in [0.15, 0.2) is 6.08 Å². The Labute approximate surface area is 41.4 Å². The number of carbonyl (C=O) groups is 1. The van der Waals surface area contributed by atoms with E-state index in [-0.39, 0.29) is 5.91 Å². The number of nitrogens with zero attached hydrogens (tertiary/aromatic N) is 1. The van der Waals surface area contributed by atoms with E-state index in [1.807, 2.05) is 0 Å². The molecular formula is C4H4N2O. The van der Waals surface area contributed by atoms with Gasteiger partial charge in [-0.15, -0.1) is 0 Å². The molecule has 0 bridgehead atoms. The Morgan fingerprint density at radius 2 is 2.86 bits per heavy atom. The van der Waals surface area contributed by atoms with Gasteiger partial charge < -0.3 is 0 Å². The number of carbonyl (C=O) groups excluding carboxylic acids is 1. The third-order valence-corrected chi connectivity index (χ3v) is 0.596. The zero-order chi connectivity index (χ0) is 5.11. The molecule has 0 aliphatic carbocycles. The van der Waals surface area contributed by atoms with Gasteiger partial charge in [-0.05, 0) is 6.08 Å². The molecule has 0 aromatic heterocycles. The summed E-state index contributed by atoms with van der Waals surface area (Å²) >= 11 is 0. The second-order valence-electron chi connectivity index (χ2n) is 1.13. The van der Waals surface area contributed by atoms with Crippen molar-refractivity contribution in [2.75, 3.05) is 6.54 Å². The number of nitrogens with one attached hydrogen (secondary N) is 1. The van der Waals surface area contributed by atoms with Crippen LogP contribution in [0, 0.1) is 6.08 Å². The van der Waals surface area contributed by atoms with Crippen molar-refractivity contribution in [2.24, 2.45) is 0 Å². The van der Waals surface area contributed by atoms with Crippen LogP contribution < -0.4 is 10.9 Å². The van der Waals surface area contributed by atoms with Gasteiger partial charge in [0.25, 0.3) is 5.91 Å². The molecule has 7 heavy (non-hydrogen) atoms. The van der Waals surface area contributed by atoms with Crippen molar-refractivity contribution >= 4 is 5.91 Å². The van der Waals surface area contributed by atoms with Crippen LogP contribution in [0.25, 0.3) is 0 Å². The van der Waals surface area contributed by atoms with Crippen LogP contribution in [0.4, 0.5) is 0 Å². The average Bonchev–Trinajstić information content (AvgIpc) is 1.69. The SMILES string of the molecule is O=C1C=[C]CN[N]1. The topological polar surface area (TPSA) is 43.2 Å². The van der Waals surface area contributed by atoms with Gasteiger partial charge >= 0.3 is 0 Å². The number of rotatable bonds is 0. The van der Waals surface area contributed by atoms with Gasteiger partial charge in [0.05, 0.1) is 0 Å². The Balaban J connectivity index is 2.51. The lowest BCUT2D eigenvalue weighted by molar-refractivity contribution is -0.118. The predicted octanol–water partition coefficient (Wildman–Crippen LogP) is -1.01. The number of hydrogen-bond acceptors (Lipinski definition) is 2. The van der Waals surface area contributed by atoms with Gasteiger partial charge in [-0.3, -0.25) is 4.79 Å². The quantitative estimate of drug-likeness (QED) is 0.420. The van der Waals surface area contributed by atoms with E-state index in [0.717, 1.165) is 0 Å². The van der Waals surface area contributed by atoms with E-state index in [1.54, 1.807) is 0 Å². The molecule has 3 nitrogen and oxygen atoms in total. The molecule has 36 valence electrons. The molecule has 1 amide bonds. The third kappa shape index (κ3) is 1.01. The van der Waals surface area contributed by atoms with Crippen LogP contribution in [0.2, 0.25) is 0 Å². The van der Waals surface area contributed by atoms with E-state index in [4.69, 9.17) is 0 Å². The van der Waals surface area contributed by atoms with Crippen LogP contribution in [-0.4, -0.2) is 12.5 Å². The Morgan fingerprint density at radius 1 is 2.00 bits per heavy atom. The highest BCUT2D eigenvalue weighted by Gasteiger charge is 1.98. The van der Waals surface area contributed by atoms with Gasteiger partial charge in [-0.1, -0.05) is 0 Å². The van der Waals surface area contributed by atoms with Crippen molar-refractivity contribution in [3.63, 3.8) is 0 Å². The highest BCUT2D eigenvalue weighted by Crippen LogP contribution is 1.75. The second kappa shape index (κ2) is 1.75. The minimum atomic E-state index is -0.258. The highest BCUT2D eigenvalue weighted by atomic mass is 16.2. The van der Waals surface area contributed by atoms with Crippen molar-refractivity contribution in [1.29, 1.82) is 0 Å². The molecule has 2 radical (unpaired) electrons. The van der Waals surface area contributed by atoms with Gasteiger partial charge in [-0.2, -0.15) is 5.43 Å². The van der Waals surface area contributed by atoms with Crippen molar-refractivity contribution in [3.8, 4) is 0 Å². The van der Waals surface area contributed by atoms with Crippen LogP contribution in [0.5, 0.6) is 0 Å². The first-order valence-corrected chi connectivity index (χ1v) is 1.94. The van der Waals surface area contributed by atoms with Crippen molar-refractivity contribution in [2.45, 2.75) is 0 Å². The molecule has 0 aromatic carbocycles. The molecule has 0 unspecified atom stereocenters. The fourth-order valence-corrected chi connectivity index (χ4v) is 0.334. The van der Waals surface area contributed by atoms with Crippen molar-refractivity contribution < 1.29 is 4.79 Å². The van der Waals surface area contributed by atoms with Crippen molar-refractivity contribution in [1.82, 2.24) is 10.9 Å². The molecule has 0 saturated carbocycles. The van der Waals surface area contributed by atoms with E-state index in [2.05, 4.69) is 16.9 Å². The summed E-state index contributed by atoms with van der Waals surface area (Å²) in [6, 6.07) is 0. The lowest BCUT2D eigenvalue weighted by atomic mass is 10.4. The Morgan fingerprint density at radius 3 is 3.14 bits per heavy atom.